The lowest BCUT2D eigenvalue weighted by molar-refractivity contribution is 0.868. The number of anilines is 3. The van der Waals surface area contributed by atoms with Crippen molar-refractivity contribution in [1.82, 2.24) is 0 Å². The number of hydrogen-bond acceptors (Lipinski definition) is 1. The predicted octanol–water partition coefficient (Wildman–Crippen LogP) is 11.2. The molecule has 0 radical (unpaired) electrons. The van der Waals surface area contributed by atoms with Gasteiger partial charge in [-0.15, -0.1) is 0 Å². The van der Waals surface area contributed by atoms with E-state index in [0.29, 0.717) is 5.92 Å². The third kappa shape index (κ3) is 4.30. The van der Waals surface area contributed by atoms with E-state index in [2.05, 4.69) is 166 Å². The highest BCUT2D eigenvalue weighted by atomic mass is 15.1. The Labute approximate surface area is 276 Å². The second-order valence-electron chi connectivity index (χ2n) is 13.6. The Morgan fingerprint density at radius 3 is 1.77 bits per heavy atom. The number of hydrogen-bond donors (Lipinski definition) is 0. The zero-order chi connectivity index (χ0) is 31.8. The normalized spacial score (nSPS) is 15.0. The van der Waals surface area contributed by atoms with Gasteiger partial charge >= 0.3 is 0 Å². The summed E-state index contributed by atoms with van der Waals surface area (Å²) >= 11 is 0. The molecule has 9 rings (SSSR count). The molecule has 1 heteroatoms. The van der Waals surface area contributed by atoms with Crippen molar-refractivity contribution in [2.75, 3.05) is 4.90 Å². The molecule has 1 atom stereocenters. The van der Waals surface area contributed by atoms with Gasteiger partial charge in [-0.1, -0.05) is 126 Å². The van der Waals surface area contributed by atoms with E-state index in [-0.39, 0.29) is 0 Å². The summed E-state index contributed by atoms with van der Waals surface area (Å²) in [5.74, 6) is 0.439. The van der Waals surface area contributed by atoms with E-state index < -0.39 is 0 Å². The van der Waals surface area contributed by atoms with Gasteiger partial charge in [0, 0.05) is 28.1 Å². The fraction of sp³-hybridized carbons (Fsp3) is 0.130. The molecule has 0 N–H and O–H groups in total. The Hall–Kier alpha value is -5.40. The smallest absolute Gasteiger partial charge is 0.0618 e. The molecule has 7 aromatic rings. The third-order valence-corrected chi connectivity index (χ3v) is 10.4. The van der Waals surface area contributed by atoms with Crippen LogP contribution in [0.3, 0.4) is 0 Å². The molecule has 0 fully saturated rings. The molecule has 226 valence electrons. The molecule has 1 nitrogen and oxygen atoms in total. The van der Waals surface area contributed by atoms with Gasteiger partial charge in [-0.2, -0.15) is 0 Å². The fourth-order valence-electron chi connectivity index (χ4n) is 8.27. The largest absolute Gasteiger partial charge is 0.309 e. The quantitative estimate of drug-likeness (QED) is 0.181. The number of fused-ring (bicyclic) bond motifs is 2. The van der Waals surface area contributed by atoms with E-state index in [1.807, 2.05) is 0 Å². The van der Waals surface area contributed by atoms with Gasteiger partial charge in [0.2, 0.25) is 0 Å². The highest BCUT2D eigenvalue weighted by Gasteiger charge is 2.26. The van der Waals surface area contributed by atoms with Crippen LogP contribution in [-0.2, 0) is 0 Å². The maximum absolute atomic E-state index is 2.48. The van der Waals surface area contributed by atoms with Crippen molar-refractivity contribution in [2.24, 2.45) is 0 Å². The van der Waals surface area contributed by atoms with Crippen LogP contribution in [0.25, 0.3) is 55.6 Å². The SMILES string of the molecule is CC1=CC2CC=c3c(C)cc(-c4c5ccccc5c(N(c5ccc(C)cc5)c5ccc(C)cc5)c5ccccc45)c4ccc(c2c34)=C1. The first kappa shape index (κ1) is 27.9. The van der Waals surface area contributed by atoms with Crippen LogP contribution >= 0.6 is 0 Å². The highest BCUT2D eigenvalue weighted by molar-refractivity contribution is 6.24. The topological polar surface area (TPSA) is 3.24 Å². The summed E-state index contributed by atoms with van der Waals surface area (Å²) < 4.78 is 0. The zero-order valence-electron chi connectivity index (χ0n) is 27.4. The fourth-order valence-corrected chi connectivity index (χ4v) is 8.27. The first-order chi connectivity index (χ1) is 23.0. The van der Waals surface area contributed by atoms with Crippen molar-refractivity contribution in [3.8, 4) is 11.1 Å². The Balaban J connectivity index is 1.42. The summed E-state index contributed by atoms with van der Waals surface area (Å²) in [7, 11) is 0. The number of benzene rings is 7. The first-order valence-corrected chi connectivity index (χ1v) is 16.8. The van der Waals surface area contributed by atoms with Gasteiger partial charge in [0.25, 0.3) is 0 Å². The van der Waals surface area contributed by atoms with E-state index in [9.17, 15) is 0 Å². The van der Waals surface area contributed by atoms with E-state index in [1.54, 1.807) is 0 Å². The zero-order valence-corrected chi connectivity index (χ0v) is 27.4. The molecule has 0 amide bonds. The Bertz CT molecular complexity index is 2460. The van der Waals surface area contributed by atoms with E-state index in [0.717, 1.165) is 17.8 Å². The van der Waals surface area contributed by atoms with Crippen LogP contribution in [0.15, 0.2) is 127 Å². The minimum atomic E-state index is 0.439. The van der Waals surface area contributed by atoms with Crippen LogP contribution in [0.2, 0.25) is 0 Å². The minimum Gasteiger partial charge on any atom is -0.309 e. The summed E-state index contributed by atoms with van der Waals surface area (Å²) in [6, 6.07) is 43.2. The molecular formula is C46H37N. The molecule has 0 spiro atoms. The molecule has 2 aliphatic carbocycles. The van der Waals surface area contributed by atoms with Crippen LogP contribution in [-0.4, -0.2) is 0 Å². The molecule has 0 heterocycles. The highest BCUT2D eigenvalue weighted by Crippen LogP contribution is 2.49. The number of rotatable bonds is 4. The van der Waals surface area contributed by atoms with Gasteiger partial charge in [-0.05, 0) is 113 Å². The van der Waals surface area contributed by atoms with Crippen LogP contribution in [0.5, 0.6) is 0 Å². The predicted molar refractivity (Wildman–Crippen MR) is 203 cm³/mol. The van der Waals surface area contributed by atoms with E-state index in [1.165, 1.54) is 87.4 Å². The molecule has 0 aromatic heterocycles. The molecule has 47 heavy (non-hydrogen) atoms. The van der Waals surface area contributed by atoms with Crippen molar-refractivity contribution in [3.05, 3.63) is 160 Å². The Morgan fingerprint density at radius 2 is 1.17 bits per heavy atom. The lowest BCUT2D eigenvalue weighted by Gasteiger charge is -2.30. The molecule has 2 aliphatic rings. The molecule has 7 aromatic carbocycles. The maximum atomic E-state index is 2.48. The molecule has 1 unspecified atom stereocenters. The average Bonchev–Trinajstić information content (AvgIpc) is 3.09. The van der Waals surface area contributed by atoms with Crippen molar-refractivity contribution in [2.45, 2.75) is 40.0 Å². The summed E-state index contributed by atoms with van der Waals surface area (Å²) in [6.45, 7) is 8.85. The molecule has 0 saturated carbocycles. The molecular weight excluding hydrogens is 567 g/mol. The molecule has 0 aliphatic heterocycles. The number of allylic oxidation sites excluding steroid dienone is 2. The second-order valence-corrected chi connectivity index (χ2v) is 13.6. The van der Waals surface area contributed by atoms with Gasteiger partial charge in [0.15, 0.2) is 0 Å². The van der Waals surface area contributed by atoms with Gasteiger partial charge < -0.3 is 4.90 Å². The van der Waals surface area contributed by atoms with Crippen LogP contribution in [0.1, 0.15) is 41.5 Å². The average molecular weight is 604 g/mol. The lowest BCUT2D eigenvalue weighted by atomic mass is 9.78. The van der Waals surface area contributed by atoms with Gasteiger partial charge in [0.05, 0.1) is 5.69 Å². The number of aryl methyl sites for hydroxylation is 3. The first-order valence-electron chi connectivity index (χ1n) is 16.8. The van der Waals surface area contributed by atoms with Gasteiger partial charge in [-0.3, -0.25) is 0 Å². The van der Waals surface area contributed by atoms with Gasteiger partial charge in [-0.25, -0.2) is 0 Å². The van der Waals surface area contributed by atoms with E-state index in [4.69, 9.17) is 0 Å². The van der Waals surface area contributed by atoms with Crippen LogP contribution in [0.4, 0.5) is 17.1 Å². The Morgan fingerprint density at radius 1 is 0.596 bits per heavy atom. The number of nitrogens with zero attached hydrogens (tertiary/aromatic N) is 1. The van der Waals surface area contributed by atoms with Crippen LogP contribution < -0.4 is 15.3 Å². The third-order valence-electron chi connectivity index (χ3n) is 10.4. The standard InChI is InChI=1S/C46H37N/c1-28-13-19-34(20-14-28)47(35-21-15-29(2)16-22-35)46-40-11-7-5-9-37(40)44(38-10-6-8-12-41(38)46)42-27-31(4)36-23-17-32-25-30(3)26-33-18-24-39(42)45(36)43(32)33/h5-16,18-27,32H,17H2,1-4H3. The van der Waals surface area contributed by atoms with Crippen molar-refractivity contribution < 1.29 is 0 Å². The summed E-state index contributed by atoms with van der Waals surface area (Å²) in [4.78, 5) is 2.46. The maximum Gasteiger partial charge on any atom is 0.0618 e. The lowest BCUT2D eigenvalue weighted by Crippen LogP contribution is -2.25. The van der Waals surface area contributed by atoms with Crippen molar-refractivity contribution in [3.63, 3.8) is 0 Å². The molecule has 0 saturated heterocycles. The monoisotopic (exact) mass is 603 g/mol. The molecule has 0 bridgehead atoms. The second kappa shape index (κ2) is 10.6. The van der Waals surface area contributed by atoms with E-state index >= 15 is 0 Å². The van der Waals surface area contributed by atoms with Crippen LogP contribution in [0, 0.1) is 20.8 Å². The van der Waals surface area contributed by atoms with Crippen molar-refractivity contribution >= 4 is 61.5 Å². The summed E-state index contributed by atoms with van der Waals surface area (Å²) in [6.07, 6.45) is 8.39. The Kier molecular flexibility index (Phi) is 6.27. The summed E-state index contributed by atoms with van der Waals surface area (Å²) in [5.41, 5.74) is 12.9. The summed E-state index contributed by atoms with van der Waals surface area (Å²) in [5, 5.41) is 10.6. The van der Waals surface area contributed by atoms with Gasteiger partial charge in [0.1, 0.15) is 0 Å². The minimum absolute atomic E-state index is 0.439. The van der Waals surface area contributed by atoms with Crippen molar-refractivity contribution in [1.29, 1.82) is 0 Å².